The maximum Gasteiger partial charge on any atom is 0.306 e. The van der Waals surface area contributed by atoms with E-state index in [4.69, 9.17) is 18.9 Å². The van der Waals surface area contributed by atoms with Gasteiger partial charge in [-0.1, -0.05) is 59.8 Å². The standard InChI is InChI=1S/C53H98N3O8.3BrH/c1-14-15-16-17-18-19-35-61-47(57)29-26-39(2)42-27-28-43-51-44(38-46(53(42,43)4)64-50(60)25-22-34-56(11,12)13)52(3)31-30-41(62-48(58)23-20-32-54(5,6)7)36-40(52)37-45(51)63-49(59)24-21-33-55(8,9)10;;;/h39-46,51H,14-38H2,1-13H3;3*1H/q+3;;;/p-3/t39-,40+,41-,42-,43+,44+,45-,46+,51+,52+,53-;;;/m1.../s1. The summed E-state index contributed by atoms with van der Waals surface area (Å²) in [6.07, 6.45) is 16.9. The summed E-state index contributed by atoms with van der Waals surface area (Å²) in [5.41, 5.74) is -0.419. The van der Waals surface area contributed by atoms with Crippen LogP contribution in [0.1, 0.15) is 163 Å². The monoisotopic (exact) mass is 1140 g/mol. The first-order valence-corrected chi connectivity index (χ1v) is 26.0. The predicted octanol–water partition coefficient (Wildman–Crippen LogP) is 0.392. The molecule has 0 saturated heterocycles. The number of halogens is 3. The van der Waals surface area contributed by atoms with Crippen molar-refractivity contribution >= 4 is 23.9 Å². The molecular weight excluding hydrogens is 1050 g/mol. The van der Waals surface area contributed by atoms with Gasteiger partial charge in [-0.05, 0) is 92.8 Å². The van der Waals surface area contributed by atoms with Gasteiger partial charge in [0.1, 0.15) is 18.3 Å². The fraction of sp³-hybridized carbons (Fsp3) is 0.925. The third-order valence-electron chi connectivity index (χ3n) is 16.5. The van der Waals surface area contributed by atoms with E-state index in [9.17, 15) is 19.2 Å². The molecule has 11 nitrogen and oxygen atoms in total. The van der Waals surface area contributed by atoms with Crippen molar-refractivity contribution in [1.29, 1.82) is 0 Å². The number of hydrogen-bond acceptors (Lipinski definition) is 8. The lowest BCUT2D eigenvalue weighted by atomic mass is 9.43. The van der Waals surface area contributed by atoms with Gasteiger partial charge >= 0.3 is 23.9 Å². The molecule has 4 saturated carbocycles. The first-order chi connectivity index (χ1) is 29.9. The molecule has 14 heteroatoms. The summed E-state index contributed by atoms with van der Waals surface area (Å²) in [5.74, 6) is 0.729. The van der Waals surface area contributed by atoms with Gasteiger partial charge in [0, 0.05) is 37.0 Å². The molecule has 0 amide bonds. The SMILES string of the molecule is CCCCCCCCOC(=O)CC[C@@H](C)[C@H]1CC[C@H]2[C@@H]3[C@H](OC(=O)CCC[N+](C)(C)C)C[C@@H]4C[C@H](OC(=O)CCC[N+](C)(C)C)CC[C@]4(C)[C@H]3C[C@H](OC(=O)CCC[N+](C)(C)C)[C@]12C.[Br-].[Br-].[Br-]. The van der Waals surface area contributed by atoms with Gasteiger partial charge in [-0.25, -0.2) is 0 Å². The van der Waals surface area contributed by atoms with E-state index in [1.165, 1.54) is 25.7 Å². The number of unbranched alkanes of at least 4 members (excludes halogenated alkanes) is 5. The maximum absolute atomic E-state index is 14.0. The second-order valence-corrected chi connectivity index (χ2v) is 24.8. The fourth-order valence-electron chi connectivity index (χ4n) is 12.9. The Morgan fingerprint density at radius 1 is 0.582 bits per heavy atom. The highest BCUT2D eigenvalue weighted by Gasteiger charge is 2.67. The highest BCUT2D eigenvalue weighted by molar-refractivity contribution is 5.70. The molecule has 67 heavy (non-hydrogen) atoms. The number of quaternary nitrogens is 3. The van der Waals surface area contributed by atoms with E-state index >= 15 is 0 Å². The maximum atomic E-state index is 14.0. The Kier molecular flexibility index (Phi) is 27.3. The minimum Gasteiger partial charge on any atom is -1.00 e. The molecule has 0 aromatic carbocycles. The first kappa shape index (κ1) is 64.2. The van der Waals surface area contributed by atoms with Crippen molar-refractivity contribution in [3.05, 3.63) is 0 Å². The van der Waals surface area contributed by atoms with Crippen molar-refractivity contribution in [2.24, 2.45) is 46.3 Å². The van der Waals surface area contributed by atoms with Crippen molar-refractivity contribution in [2.75, 3.05) is 89.7 Å². The average molecular weight is 1150 g/mol. The molecule has 0 heterocycles. The van der Waals surface area contributed by atoms with E-state index < -0.39 is 0 Å². The molecule has 0 spiro atoms. The van der Waals surface area contributed by atoms with Crippen LogP contribution >= 0.6 is 0 Å². The van der Waals surface area contributed by atoms with Crippen molar-refractivity contribution < 1.29 is 103 Å². The molecule has 4 fully saturated rings. The number of ether oxygens (including phenoxy) is 4. The van der Waals surface area contributed by atoms with Gasteiger partial charge in [0.05, 0.1) is 109 Å². The number of hydrogen-bond donors (Lipinski definition) is 0. The van der Waals surface area contributed by atoms with Crippen LogP contribution in [0.15, 0.2) is 0 Å². The van der Waals surface area contributed by atoms with Gasteiger partial charge in [0.25, 0.3) is 0 Å². The summed E-state index contributed by atoms with van der Waals surface area (Å²) >= 11 is 0. The zero-order chi connectivity index (χ0) is 47.5. The van der Waals surface area contributed by atoms with Crippen molar-refractivity contribution in [1.82, 2.24) is 0 Å². The van der Waals surface area contributed by atoms with Crippen LogP contribution < -0.4 is 50.9 Å². The Bertz CT molecular complexity index is 1520. The largest absolute Gasteiger partial charge is 1.00 e. The van der Waals surface area contributed by atoms with Crippen LogP contribution in [0.2, 0.25) is 0 Å². The minimum absolute atomic E-state index is 0. The topological polar surface area (TPSA) is 105 Å². The zero-order valence-electron chi connectivity index (χ0n) is 44.6. The van der Waals surface area contributed by atoms with Gasteiger partial charge in [-0.2, -0.15) is 0 Å². The van der Waals surface area contributed by atoms with E-state index in [2.05, 4.69) is 91.1 Å². The normalized spacial score (nSPS) is 29.6. The highest BCUT2D eigenvalue weighted by Crippen LogP contribution is 2.69. The summed E-state index contributed by atoms with van der Waals surface area (Å²) in [4.78, 5) is 54.1. The molecule has 0 radical (unpaired) electrons. The Hall–Kier alpha value is -0.800. The molecular formula is C53H98Br3N3O8. The molecule has 0 unspecified atom stereocenters. The van der Waals surface area contributed by atoms with Crippen LogP contribution in [-0.2, 0) is 38.1 Å². The number of nitrogens with zero attached hydrogens (tertiary/aromatic N) is 3. The molecule has 11 atom stereocenters. The van der Waals surface area contributed by atoms with Gasteiger partial charge in [0.2, 0.25) is 0 Å². The minimum atomic E-state index is -0.338. The zero-order valence-corrected chi connectivity index (χ0v) is 49.4. The van der Waals surface area contributed by atoms with Gasteiger partial charge < -0.3 is 83.3 Å². The van der Waals surface area contributed by atoms with E-state index in [0.29, 0.717) is 32.3 Å². The molecule has 0 N–H and O–H groups in total. The second-order valence-electron chi connectivity index (χ2n) is 24.8. The fourth-order valence-corrected chi connectivity index (χ4v) is 12.9. The van der Waals surface area contributed by atoms with Gasteiger partial charge in [-0.3, -0.25) is 19.2 Å². The summed E-state index contributed by atoms with van der Waals surface area (Å²) in [7, 11) is 19.4. The lowest BCUT2D eigenvalue weighted by Crippen LogP contribution is -3.00. The number of fused-ring (bicyclic) bond motifs is 5. The van der Waals surface area contributed by atoms with Crippen LogP contribution in [0.25, 0.3) is 0 Å². The lowest BCUT2D eigenvalue weighted by Gasteiger charge is -2.64. The number of rotatable bonds is 26. The van der Waals surface area contributed by atoms with Crippen molar-refractivity contribution in [3.8, 4) is 0 Å². The lowest BCUT2D eigenvalue weighted by molar-refractivity contribution is -0.870. The van der Waals surface area contributed by atoms with Crippen LogP contribution in [-0.4, -0.2) is 145 Å². The molecule has 0 aliphatic heterocycles. The van der Waals surface area contributed by atoms with E-state index in [0.717, 1.165) is 117 Å². The molecule has 4 aliphatic carbocycles. The number of esters is 4. The van der Waals surface area contributed by atoms with E-state index in [1.807, 2.05) is 0 Å². The van der Waals surface area contributed by atoms with Crippen LogP contribution in [0.4, 0.5) is 0 Å². The van der Waals surface area contributed by atoms with Crippen molar-refractivity contribution in [3.63, 3.8) is 0 Å². The predicted molar refractivity (Wildman–Crippen MR) is 255 cm³/mol. The first-order valence-electron chi connectivity index (χ1n) is 26.0. The summed E-state index contributed by atoms with van der Waals surface area (Å²) in [6, 6.07) is 0. The Morgan fingerprint density at radius 2 is 1.10 bits per heavy atom. The molecule has 0 aromatic heterocycles. The Labute approximate surface area is 440 Å². The summed E-state index contributed by atoms with van der Waals surface area (Å²) in [6.45, 7) is 12.5. The second kappa shape index (κ2) is 28.4. The smallest absolute Gasteiger partial charge is 0.306 e. The van der Waals surface area contributed by atoms with Gasteiger partial charge in [0.15, 0.2) is 0 Å². The van der Waals surface area contributed by atoms with E-state index in [1.54, 1.807) is 0 Å². The summed E-state index contributed by atoms with van der Waals surface area (Å²) < 4.78 is 27.9. The van der Waals surface area contributed by atoms with Gasteiger partial charge in [-0.15, -0.1) is 0 Å². The third-order valence-corrected chi connectivity index (χ3v) is 16.5. The molecule has 0 bridgehead atoms. The Balaban J connectivity index is 0.00000748. The van der Waals surface area contributed by atoms with E-state index in [-0.39, 0.29) is 139 Å². The molecule has 394 valence electrons. The summed E-state index contributed by atoms with van der Waals surface area (Å²) in [5, 5.41) is 0. The van der Waals surface area contributed by atoms with Crippen molar-refractivity contribution in [2.45, 2.75) is 181 Å². The highest BCUT2D eigenvalue weighted by atomic mass is 79.9. The third kappa shape index (κ3) is 19.6. The van der Waals surface area contributed by atoms with Crippen LogP contribution in [0.3, 0.4) is 0 Å². The number of carbonyl (C=O) groups excluding carboxylic acids is 4. The quantitative estimate of drug-likeness (QED) is 0.0532. The molecule has 4 aliphatic rings. The Morgan fingerprint density at radius 3 is 1.66 bits per heavy atom. The average Bonchev–Trinajstić information content (AvgIpc) is 3.54. The van der Waals surface area contributed by atoms with Crippen LogP contribution in [0, 0.1) is 46.3 Å². The number of carbonyl (C=O) groups is 4. The van der Waals surface area contributed by atoms with Crippen LogP contribution in [0.5, 0.6) is 0 Å². The molecule has 0 aromatic rings. The molecule has 4 rings (SSSR count).